The lowest BCUT2D eigenvalue weighted by Gasteiger charge is -2.49. The molecule has 3 aromatic heterocycles. The van der Waals surface area contributed by atoms with Gasteiger partial charge < -0.3 is 26.1 Å². The molecule has 0 bridgehead atoms. The number of rotatable bonds is 10. The molecule has 0 saturated carbocycles. The smallest absolute Gasteiger partial charge is 0.352 e. The number of fused-ring (bicyclic) bond motifs is 2. The van der Waals surface area contributed by atoms with Gasteiger partial charge in [-0.15, -0.1) is 37.9 Å². The predicted octanol–water partition coefficient (Wildman–Crippen LogP) is -0.472. The largest absolute Gasteiger partial charge is 0.478 e. The molecule has 5 heterocycles. The summed E-state index contributed by atoms with van der Waals surface area (Å²) in [6, 6.07) is 0.279. The minimum Gasteiger partial charge on any atom is -0.478 e. The molecule has 17 nitrogen and oxygen atoms in total. The molecule has 2 aliphatic rings. The van der Waals surface area contributed by atoms with Crippen LogP contribution in [0.4, 0.5) is 5.13 Å². The Kier molecular flexibility index (Phi) is 7.54. The number of thiazole rings is 1. The van der Waals surface area contributed by atoms with Crippen molar-refractivity contribution in [2.75, 3.05) is 23.8 Å². The molecule has 0 aromatic carbocycles. The molecule has 1 saturated heterocycles. The van der Waals surface area contributed by atoms with Crippen LogP contribution >= 0.6 is 34.9 Å². The second-order valence-corrected chi connectivity index (χ2v) is 11.0. The van der Waals surface area contributed by atoms with Crippen LogP contribution in [0.15, 0.2) is 32.9 Å². The molecule has 3 aromatic rings. The lowest BCUT2D eigenvalue weighted by atomic mass is 10.0. The van der Waals surface area contributed by atoms with E-state index in [2.05, 4.69) is 36.1 Å². The summed E-state index contributed by atoms with van der Waals surface area (Å²) in [5.41, 5.74) is 5.69. The fraction of sp³-hybridized carbons (Fsp3) is 0.300. The zero-order valence-corrected chi connectivity index (χ0v) is 22.7. The van der Waals surface area contributed by atoms with E-state index in [0.717, 1.165) is 32.6 Å². The highest BCUT2D eigenvalue weighted by atomic mass is 32.2. The molecule has 20 heteroatoms. The van der Waals surface area contributed by atoms with Gasteiger partial charge in [-0.05, 0) is 29.0 Å². The average Bonchev–Trinajstić information content (AvgIpc) is 3.58. The molecule has 1 unspecified atom stereocenters. The number of nitrogen functional groups attached to an aromatic ring is 1. The molecule has 2 amide bonds. The Labute approximate surface area is 235 Å². The van der Waals surface area contributed by atoms with Crippen molar-refractivity contribution in [1.29, 1.82) is 0 Å². The molecule has 2 aliphatic heterocycles. The molecule has 5 N–H and O–H groups in total. The summed E-state index contributed by atoms with van der Waals surface area (Å²) in [5.74, 6) is -3.57. The van der Waals surface area contributed by atoms with Crippen LogP contribution in [0.2, 0.25) is 0 Å². The first-order valence-corrected chi connectivity index (χ1v) is 14.2. The minimum atomic E-state index is -1.31. The van der Waals surface area contributed by atoms with Gasteiger partial charge in [-0.2, -0.15) is 0 Å². The monoisotopic (exact) mass is 606 g/mol. The first-order valence-electron chi connectivity index (χ1n) is 11.3. The van der Waals surface area contributed by atoms with Crippen molar-refractivity contribution >= 4 is 75.1 Å². The third-order valence-corrected chi connectivity index (χ3v) is 8.58. The number of carbonyl (C=O) groups is 4. The van der Waals surface area contributed by atoms with Crippen molar-refractivity contribution in [3.63, 3.8) is 0 Å². The molecule has 0 spiro atoms. The van der Waals surface area contributed by atoms with E-state index in [1.54, 1.807) is 6.92 Å². The van der Waals surface area contributed by atoms with Gasteiger partial charge in [-0.1, -0.05) is 16.9 Å². The lowest BCUT2D eigenvalue weighted by Crippen LogP contribution is -2.71. The molecule has 208 valence electrons. The first kappa shape index (κ1) is 27.3. The van der Waals surface area contributed by atoms with Crippen molar-refractivity contribution in [2.24, 2.45) is 5.16 Å². The summed E-state index contributed by atoms with van der Waals surface area (Å²) in [6.07, 6.45) is 0. The number of hydrogen-bond donors (Lipinski definition) is 4. The van der Waals surface area contributed by atoms with Gasteiger partial charge in [-0.25, -0.2) is 14.6 Å². The van der Waals surface area contributed by atoms with Crippen LogP contribution in [0.1, 0.15) is 23.0 Å². The Hall–Kier alpha value is -4.30. The maximum absolute atomic E-state index is 13.1. The summed E-state index contributed by atoms with van der Waals surface area (Å²) in [4.78, 5) is 60.0. The molecular weight excluding hydrogens is 588 g/mol. The molecule has 0 radical (unpaired) electrons. The maximum atomic E-state index is 13.1. The van der Waals surface area contributed by atoms with E-state index in [1.165, 1.54) is 23.2 Å². The Balaban J connectivity index is 1.33. The summed E-state index contributed by atoms with van der Waals surface area (Å²) < 4.78 is 0.971. The second-order valence-electron chi connectivity index (χ2n) is 8.03. The highest BCUT2D eigenvalue weighted by Crippen LogP contribution is 2.41. The van der Waals surface area contributed by atoms with Crippen molar-refractivity contribution in [3.05, 3.63) is 34.0 Å². The number of aliphatic carboxylic acids is 1. The topological polar surface area (TPSA) is 240 Å². The Bertz CT molecular complexity index is 1600. The number of nitrogens with zero attached hydrogens (tertiary/aromatic N) is 8. The number of hydrogen-bond acceptors (Lipinski definition) is 15. The molecule has 2 atom stereocenters. The van der Waals surface area contributed by atoms with Crippen LogP contribution < -0.4 is 11.1 Å². The van der Waals surface area contributed by atoms with E-state index in [0.29, 0.717) is 5.57 Å². The van der Waals surface area contributed by atoms with E-state index in [4.69, 9.17) is 10.6 Å². The van der Waals surface area contributed by atoms with Gasteiger partial charge in [0, 0.05) is 16.9 Å². The number of aromatic carboxylic acids is 1. The number of nitrogens with one attached hydrogen (secondary N) is 1. The van der Waals surface area contributed by atoms with Gasteiger partial charge in [0.25, 0.3) is 11.8 Å². The number of carboxylic acid groups (broad SMARTS) is 2. The number of nitrogens with two attached hydrogens (primary N) is 1. The number of aromatic nitrogens is 6. The van der Waals surface area contributed by atoms with E-state index in [-0.39, 0.29) is 56.6 Å². The van der Waals surface area contributed by atoms with Crippen LogP contribution in [0.3, 0.4) is 0 Å². The zero-order chi connectivity index (χ0) is 28.6. The van der Waals surface area contributed by atoms with Crippen LogP contribution in [0.25, 0.3) is 5.65 Å². The lowest BCUT2D eigenvalue weighted by molar-refractivity contribution is -0.150. The minimum absolute atomic E-state index is 0.0367. The predicted molar refractivity (Wildman–Crippen MR) is 141 cm³/mol. The van der Waals surface area contributed by atoms with Gasteiger partial charge in [0.2, 0.25) is 5.65 Å². The molecule has 5 rings (SSSR count). The van der Waals surface area contributed by atoms with Crippen molar-refractivity contribution < 1.29 is 34.2 Å². The zero-order valence-electron chi connectivity index (χ0n) is 20.2. The van der Waals surface area contributed by atoms with Gasteiger partial charge in [0.1, 0.15) is 40.0 Å². The van der Waals surface area contributed by atoms with Crippen molar-refractivity contribution in [1.82, 2.24) is 40.5 Å². The van der Waals surface area contributed by atoms with Gasteiger partial charge in [0.15, 0.2) is 10.8 Å². The number of thioether (sulfide) groups is 2. The Morgan fingerprint density at radius 3 is 2.80 bits per heavy atom. The summed E-state index contributed by atoms with van der Waals surface area (Å²) in [6.45, 7) is 1.87. The quantitative estimate of drug-likeness (QED) is 0.0986. The van der Waals surface area contributed by atoms with Gasteiger partial charge in [0.05, 0.1) is 0 Å². The third kappa shape index (κ3) is 5.02. The maximum Gasteiger partial charge on any atom is 0.352 e. The molecule has 40 heavy (non-hydrogen) atoms. The molecule has 1 fully saturated rings. The normalized spacial score (nSPS) is 18.9. The fourth-order valence-electron chi connectivity index (χ4n) is 3.84. The van der Waals surface area contributed by atoms with Gasteiger partial charge in [-0.3, -0.25) is 14.5 Å². The number of carbonyl (C=O) groups excluding carboxylic acids is 2. The average molecular weight is 607 g/mol. The number of β-lactam (4-membered cyclic amide) rings is 1. The fourth-order valence-corrected chi connectivity index (χ4v) is 6.76. The van der Waals surface area contributed by atoms with Gasteiger partial charge >= 0.3 is 11.9 Å². The number of tetrazole rings is 1. The van der Waals surface area contributed by atoms with Crippen LogP contribution in [0, 0.1) is 0 Å². The molecular formula is C20H18N10O7S3. The highest BCUT2D eigenvalue weighted by Gasteiger charge is 2.54. The van der Waals surface area contributed by atoms with Crippen molar-refractivity contribution in [2.45, 2.75) is 23.4 Å². The number of amides is 2. The van der Waals surface area contributed by atoms with Crippen LogP contribution in [-0.2, 0) is 19.2 Å². The Morgan fingerprint density at radius 2 is 2.12 bits per heavy atom. The first-order chi connectivity index (χ1) is 19.2. The Morgan fingerprint density at radius 1 is 1.32 bits per heavy atom. The SMILES string of the molecule is CCON=C(C(=O)NC1C(=O)N2C(C(=O)O)=C(CSc3cc(C(=O)O)c4nnnn4n3)CS[C@H]12)c1csc(N)n1. The van der Waals surface area contributed by atoms with E-state index >= 15 is 0 Å². The number of carboxylic acids is 2. The highest BCUT2D eigenvalue weighted by molar-refractivity contribution is 8.01. The number of oxime groups is 1. The summed E-state index contributed by atoms with van der Waals surface area (Å²) in [7, 11) is 0. The standard InChI is InChI=1S/C20H18N10O7S3/c1-2-37-26-11(9-6-40-20(21)22-9)15(31)23-12-16(32)29-13(19(35)36)7(5-39-17(12)29)4-38-10-3-8(18(33)34)14-24-27-28-30(14)25-10/h3,6,12,17H,2,4-5H2,1H3,(H2,21,22)(H,23,31)(H,33,34)(H,35,36)/t12?,17-/m1/s1. The number of anilines is 1. The van der Waals surface area contributed by atoms with E-state index in [1.807, 2.05) is 0 Å². The van der Waals surface area contributed by atoms with E-state index in [9.17, 15) is 29.4 Å². The summed E-state index contributed by atoms with van der Waals surface area (Å²) in [5, 5.41) is 41.9. The summed E-state index contributed by atoms with van der Waals surface area (Å²) >= 11 is 3.45. The second kappa shape index (κ2) is 11.1. The van der Waals surface area contributed by atoms with Crippen LogP contribution in [0.5, 0.6) is 0 Å². The molecule has 0 aliphatic carbocycles. The van der Waals surface area contributed by atoms with Crippen LogP contribution in [-0.4, -0.2) is 104 Å². The van der Waals surface area contributed by atoms with E-state index < -0.39 is 35.2 Å². The van der Waals surface area contributed by atoms with Crippen molar-refractivity contribution in [3.8, 4) is 0 Å². The third-order valence-electron chi connectivity index (χ3n) is 5.58.